The Labute approximate surface area is 150 Å². The van der Waals surface area contributed by atoms with Crippen molar-refractivity contribution in [1.82, 2.24) is 15.5 Å². The number of amides is 1. The molecule has 1 amide bonds. The molecule has 1 aromatic carbocycles. The minimum Gasteiger partial charge on any atom is -0.377 e. The van der Waals surface area contributed by atoms with Crippen LogP contribution in [0.15, 0.2) is 47.8 Å². The van der Waals surface area contributed by atoms with E-state index < -0.39 is 0 Å². The summed E-state index contributed by atoms with van der Waals surface area (Å²) in [5.41, 5.74) is 3.18. The average molecular weight is 350 g/mol. The second-order valence-corrected chi connectivity index (χ2v) is 6.49. The van der Waals surface area contributed by atoms with Gasteiger partial charge in [0.1, 0.15) is 0 Å². The van der Waals surface area contributed by atoms with Gasteiger partial charge in [-0.05, 0) is 29.6 Å². The zero-order valence-corrected chi connectivity index (χ0v) is 14.9. The van der Waals surface area contributed by atoms with Crippen LogP contribution in [0.4, 0.5) is 5.69 Å². The van der Waals surface area contributed by atoms with E-state index in [-0.39, 0.29) is 12.5 Å². The second-order valence-electron chi connectivity index (χ2n) is 5.54. The van der Waals surface area contributed by atoms with Crippen molar-refractivity contribution in [3.63, 3.8) is 0 Å². The number of anilines is 1. The number of carbonyl (C=O) groups excluding carboxylic acids is 1. The normalized spacial score (nSPS) is 10.0. The van der Waals surface area contributed by atoms with E-state index in [0.717, 1.165) is 21.8 Å². The number of hydrogen-bond acceptors (Lipinski definition) is 4. The highest BCUT2D eigenvalue weighted by Crippen LogP contribution is 2.22. The molecule has 6 heteroatoms. The summed E-state index contributed by atoms with van der Waals surface area (Å²) in [5.74, 6) is 5.84. The molecule has 0 saturated carbocycles. The van der Waals surface area contributed by atoms with Crippen molar-refractivity contribution < 1.29 is 4.79 Å². The van der Waals surface area contributed by atoms with Gasteiger partial charge in [0.2, 0.25) is 0 Å². The van der Waals surface area contributed by atoms with Crippen LogP contribution in [0.25, 0.3) is 10.6 Å². The lowest BCUT2D eigenvalue weighted by Crippen LogP contribution is -2.23. The lowest BCUT2D eigenvalue weighted by atomic mass is 10.1. The van der Waals surface area contributed by atoms with E-state index in [0.29, 0.717) is 5.69 Å². The number of carbonyl (C=O) groups is 1. The molecular weight excluding hydrogens is 332 g/mol. The first-order valence-corrected chi connectivity index (χ1v) is 8.66. The monoisotopic (exact) mass is 350 g/mol. The first-order chi connectivity index (χ1) is 12.1. The minimum absolute atomic E-state index is 0.241. The van der Waals surface area contributed by atoms with Crippen molar-refractivity contribution in [2.45, 2.75) is 0 Å². The number of nitrogens with zero attached hydrogens (tertiary/aromatic N) is 2. The lowest BCUT2D eigenvalue weighted by molar-refractivity contribution is 0.0953. The van der Waals surface area contributed by atoms with Crippen LogP contribution in [-0.2, 0) is 0 Å². The van der Waals surface area contributed by atoms with Crippen molar-refractivity contribution >= 4 is 22.9 Å². The summed E-state index contributed by atoms with van der Waals surface area (Å²) >= 11 is 1.59. The molecule has 0 unspecified atom stereocenters. The summed E-state index contributed by atoms with van der Waals surface area (Å²) in [4.78, 5) is 15.2. The third kappa shape index (κ3) is 4.08. The van der Waals surface area contributed by atoms with Crippen LogP contribution < -0.4 is 10.2 Å². The predicted octanol–water partition coefficient (Wildman–Crippen LogP) is 2.99. The van der Waals surface area contributed by atoms with Gasteiger partial charge in [-0.2, -0.15) is 5.10 Å². The smallest absolute Gasteiger partial charge is 0.272 e. The summed E-state index contributed by atoms with van der Waals surface area (Å²) < 4.78 is 0. The Morgan fingerprint density at radius 2 is 2.12 bits per heavy atom. The maximum Gasteiger partial charge on any atom is 0.272 e. The van der Waals surface area contributed by atoms with E-state index >= 15 is 0 Å². The SMILES string of the molecule is CN(C)c1ccccc1C#CCNC(=O)c1cc(-c2cccs2)[nH]n1. The molecule has 2 N–H and O–H groups in total. The van der Waals surface area contributed by atoms with Crippen LogP contribution >= 0.6 is 11.3 Å². The largest absolute Gasteiger partial charge is 0.377 e. The van der Waals surface area contributed by atoms with Gasteiger partial charge < -0.3 is 10.2 Å². The maximum absolute atomic E-state index is 12.1. The molecule has 126 valence electrons. The van der Waals surface area contributed by atoms with Crippen LogP contribution in [0.5, 0.6) is 0 Å². The molecule has 0 radical (unpaired) electrons. The van der Waals surface area contributed by atoms with Crippen molar-refractivity contribution in [2.24, 2.45) is 0 Å². The van der Waals surface area contributed by atoms with Crippen LogP contribution in [0.2, 0.25) is 0 Å². The zero-order valence-electron chi connectivity index (χ0n) is 14.0. The summed E-state index contributed by atoms with van der Waals surface area (Å²) in [6, 6.07) is 13.6. The van der Waals surface area contributed by atoms with Gasteiger partial charge in [-0.3, -0.25) is 9.89 Å². The number of aromatic nitrogens is 2. The number of aromatic amines is 1. The van der Waals surface area contributed by atoms with Gasteiger partial charge in [0.15, 0.2) is 5.69 Å². The van der Waals surface area contributed by atoms with Crippen LogP contribution in [-0.4, -0.2) is 36.7 Å². The molecule has 0 saturated heterocycles. The number of benzene rings is 1. The molecule has 0 aliphatic heterocycles. The average Bonchev–Trinajstić information content (AvgIpc) is 3.29. The van der Waals surface area contributed by atoms with Crippen molar-refractivity contribution in [3.8, 4) is 22.4 Å². The third-order valence-corrected chi connectivity index (χ3v) is 4.45. The minimum atomic E-state index is -0.241. The quantitative estimate of drug-likeness (QED) is 0.711. The number of H-pyrrole nitrogens is 1. The number of para-hydroxylation sites is 1. The van der Waals surface area contributed by atoms with Crippen molar-refractivity contribution in [3.05, 3.63) is 59.1 Å². The molecular formula is C19H18N4OS. The molecule has 25 heavy (non-hydrogen) atoms. The van der Waals surface area contributed by atoms with Gasteiger partial charge in [0.05, 0.1) is 22.8 Å². The van der Waals surface area contributed by atoms with Crippen LogP contribution in [0.1, 0.15) is 16.1 Å². The third-order valence-electron chi connectivity index (χ3n) is 3.54. The predicted molar refractivity (Wildman–Crippen MR) is 102 cm³/mol. The molecule has 0 bridgehead atoms. The summed E-state index contributed by atoms with van der Waals surface area (Å²) in [6.45, 7) is 0.266. The molecule has 0 aliphatic carbocycles. The summed E-state index contributed by atoms with van der Waals surface area (Å²) in [7, 11) is 3.95. The van der Waals surface area contributed by atoms with E-state index in [1.807, 2.05) is 60.8 Å². The van der Waals surface area contributed by atoms with Gasteiger partial charge in [0, 0.05) is 19.7 Å². The topological polar surface area (TPSA) is 61.0 Å². The Hall–Kier alpha value is -3.04. The summed E-state index contributed by atoms with van der Waals surface area (Å²) in [6.07, 6.45) is 0. The fourth-order valence-corrected chi connectivity index (χ4v) is 3.01. The van der Waals surface area contributed by atoms with Crippen molar-refractivity contribution in [1.29, 1.82) is 0 Å². The van der Waals surface area contributed by atoms with Gasteiger partial charge in [-0.25, -0.2) is 0 Å². The van der Waals surface area contributed by atoms with E-state index in [9.17, 15) is 4.79 Å². The Morgan fingerprint density at radius 3 is 2.88 bits per heavy atom. The Kier molecular flexibility index (Phi) is 5.17. The molecule has 3 rings (SSSR count). The van der Waals surface area contributed by atoms with Crippen molar-refractivity contribution in [2.75, 3.05) is 25.5 Å². The van der Waals surface area contributed by atoms with E-state index in [1.54, 1.807) is 17.4 Å². The molecule has 2 aromatic heterocycles. The Morgan fingerprint density at radius 1 is 1.28 bits per heavy atom. The standard InChI is InChI=1S/C19H18N4OS/c1-23(2)17-9-4-3-7-14(17)8-5-11-20-19(24)16-13-15(21-22-16)18-10-6-12-25-18/h3-4,6-7,9-10,12-13H,11H2,1-2H3,(H,20,24)(H,21,22). The van der Waals surface area contributed by atoms with E-state index in [1.165, 1.54) is 0 Å². The summed E-state index contributed by atoms with van der Waals surface area (Å²) in [5, 5.41) is 11.7. The molecule has 0 atom stereocenters. The molecule has 5 nitrogen and oxygen atoms in total. The van der Waals surface area contributed by atoms with Gasteiger partial charge in [-0.1, -0.05) is 30.0 Å². The number of nitrogens with one attached hydrogen (secondary N) is 2. The lowest BCUT2D eigenvalue weighted by Gasteiger charge is -2.13. The van der Waals surface area contributed by atoms with Gasteiger partial charge >= 0.3 is 0 Å². The fraction of sp³-hybridized carbons (Fsp3) is 0.158. The second kappa shape index (κ2) is 7.69. The highest BCUT2D eigenvalue weighted by Gasteiger charge is 2.10. The molecule has 0 aliphatic rings. The number of rotatable bonds is 4. The number of thiophene rings is 1. The molecule has 0 spiro atoms. The van der Waals surface area contributed by atoms with E-state index in [2.05, 4.69) is 27.4 Å². The van der Waals surface area contributed by atoms with E-state index in [4.69, 9.17) is 0 Å². The molecule has 3 aromatic rings. The van der Waals surface area contributed by atoms with Gasteiger partial charge in [0.25, 0.3) is 5.91 Å². The maximum atomic E-state index is 12.1. The molecule has 2 heterocycles. The molecule has 0 fully saturated rings. The first kappa shape index (κ1) is 16.8. The fourth-order valence-electron chi connectivity index (χ4n) is 2.32. The zero-order chi connectivity index (χ0) is 17.6. The highest BCUT2D eigenvalue weighted by atomic mass is 32.1. The van der Waals surface area contributed by atoms with Crippen LogP contribution in [0.3, 0.4) is 0 Å². The van der Waals surface area contributed by atoms with Crippen LogP contribution in [0, 0.1) is 11.8 Å². The first-order valence-electron chi connectivity index (χ1n) is 7.78. The number of hydrogen-bond donors (Lipinski definition) is 2. The highest BCUT2D eigenvalue weighted by molar-refractivity contribution is 7.13. The Balaban J connectivity index is 1.61. The van der Waals surface area contributed by atoms with Gasteiger partial charge in [-0.15, -0.1) is 11.3 Å². The Bertz CT molecular complexity index is 916.